The predicted molar refractivity (Wildman–Crippen MR) is 85.9 cm³/mol. The molecule has 3 saturated heterocycles. The van der Waals surface area contributed by atoms with E-state index in [1.807, 2.05) is 0 Å². The summed E-state index contributed by atoms with van der Waals surface area (Å²) in [7, 11) is 2.23. The lowest BCUT2D eigenvalue weighted by Gasteiger charge is -2.37. The summed E-state index contributed by atoms with van der Waals surface area (Å²) in [4.78, 5) is 4.96. The Kier molecular flexibility index (Phi) is 5.40. The highest BCUT2D eigenvalue weighted by molar-refractivity contribution is 4.94. The first-order chi connectivity index (χ1) is 10.6. The molecule has 0 aromatic carbocycles. The SMILES string of the molecule is CN1CCCC1C1CCCN1CC(O)CC1(O)CCOCC1. The first-order valence-electron chi connectivity index (χ1n) is 9.00. The van der Waals surface area contributed by atoms with Gasteiger partial charge < -0.3 is 19.8 Å². The summed E-state index contributed by atoms with van der Waals surface area (Å²) >= 11 is 0. The van der Waals surface area contributed by atoms with Crippen molar-refractivity contribution in [3.05, 3.63) is 0 Å². The molecule has 3 aliphatic heterocycles. The quantitative estimate of drug-likeness (QED) is 0.788. The van der Waals surface area contributed by atoms with Crippen LogP contribution in [0, 0.1) is 0 Å². The largest absolute Gasteiger partial charge is 0.392 e. The van der Waals surface area contributed by atoms with Gasteiger partial charge in [0.25, 0.3) is 0 Å². The van der Waals surface area contributed by atoms with E-state index >= 15 is 0 Å². The van der Waals surface area contributed by atoms with Gasteiger partial charge in [0.1, 0.15) is 0 Å². The van der Waals surface area contributed by atoms with Crippen LogP contribution in [0.4, 0.5) is 0 Å². The molecule has 3 aliphatic rings. The van der Waals surface area contributed by atoms with Crippen molar-refractivity contribution >= 4 is 0 Å². The smallest absolute Gasteiger partial charge is 0.0716 e. The van der Waals surface area contributed by atoms with Gasteiger partial charge >= 0.3 is 0 Å². The normalized spacial score (nSPS) is 35.0. The molecular formula is C17H32N2O3. The maximum atomic E-state index is 10.6. The van der Waals surface area contributed by atoms with E-state index in [1.165, 1.54) is 32.2 Å². The second-order valence-electron chi connectivity index (χ2n) is 7.59. The van der Waals surface area contributed by atoms with Crippen LogP contribution in [0.5, 0.6) is 0 Å². The van der Waals surface area contributed by atoms with E-state index in [9.17, 15) is 10.2 Å². The van der Waals surface area contributed by atoms with Gasteiger partial charge in [-0.15, -0.1) is 0 Å². The third kappa shape index (κ3) is 3.82. The summed E-state index contributed by atoms with van der Waals surface area (Å²) < 4.78 is 5.32. The molecule has 5 heteroatoms. The molecule has 5 nitrogen and oxygen atoms in total. The molecule has 0 radical (unpaired) electrons. The Morgan fingerprint density at radius 3 is 2.50 bits per heavy atom. The van der Waals surface area contributed by atoms with Crippen LogP contribution in [-0.2, 0) is 4.74 Å². The molecule has 3 unspecified atom stereocenters. The van der Waals surface area contributed by atoms with Crippen LogP contribution in [0.2, 0.25) is 0 Å². The Hall–Kier alpha value is -0.200. The fourth-order valence-corrected chi connectivity index (χ4v) is 4.67. The average molecular weight is 312 g/mol. The Bertz CT molecular complexity index is 360. The van der Waals surface area contributed by atoms with E-state index in [4.69, 9.17) is 4.74 Å². The molecule has 0 saturated carbocycles. The topological polar surface area (TPSA) is 56.2 Å². The molecule has 3 heterocycles. The van der Waals surface area contributed by atoms with Crippen LogP contribution < -0.4 is 0 Å². The summed E-state index contributed by atoms with van der Waals surface area (Å²) in [5, 5.41) is 21.1. The number of nitrogens with zero attached hydrogens (tertiary/aromatic N) is 2. The van der Waals surface area contributed by atoms with Gasteiger partial charge in [0.2, 0.25) is 0 Å². The Morgan fingerprint density at radius 1 is 1.14 bits per heavy atom. The van der Waals surface area contributed by atoms with Crippen molar-refractivity contribution in [1.82, 2.24) is 9.80 Å². The van der Waals surface area contributed by atoms with Crippen LogP contribution in [0.3, 0.4) is 0 Å². The number of hydrogen-bond donors (Lipinski definition) is 2. The van der Waals surface area contributed by atoms with Gasteiger partial charge in [0.15, 0.2) is 0 Å². The highest BCUT2D eigenvalue weighted by atomic mass is 16.5. The van der Waals surface area contributed by atoms with E-state index < -0.39 is 11.7 Å². The maximum Gasteiger partial charge on any atom is 0.0716 e. The standard InChI is InChI=1S/C17H32N2O3/c1-18-8-2-4-15(18)16-5-3-9-19(16)13-14(20)12-17(21)6-10-22-11-7-17/h14-16,20-21H,2-13H2,1H3. The molecule has 0 spiro atoms. The monoisotopic (exact) mass is 312 g/mol. The van der Waals surface area contributed by atoms with Crippen LogP contribution >= 0.6 is 0 Å². The minimum atomic E-state index is -0.725. The van der Waals surface area contributed by atoms with Gasteiger partial charge in [0, 0.05) is 38.3 Å². The highest BCUT2D eigenvalue weighted by Gasteiger charge is 2.38. The van der Waals surface area contributed by atoms with E-state index in [1.54, 1.807) is 0 Å². The first kappa shape index (κ1) is 16.7. The fourth-order valence-electron chi connectivity index (χ4n) is 4.67. The molecule has 128 valence electrons. The second kappa shape index (κ2) is 7.14. The molecule has 3 rings (SSSR count). The van der Waals surface area contributed by atoms with E-state index in [0.717, 1.165) is 6.54 Å². The second-order valence-corrected chi connectivity index (χ2v) is 7.59. The Labute approximate surface area is 134 Å². The molecule has 22 heavy (non-hydrogen) atoms. The van der Waals surface area contributed by atoms with Crippen molar-refractivity contribution in [2.24, 2.45) is 0 Å². The van der Waals surface area contributed by atoms with Crippen molar-refractivity contribution in [1.29, 1.82) is 0 Å². The van der Waals surface area contributed by atoms with Crippen molar-refractivity contribution in [3.63, 3.8) is 0 Å². The zero-order chi connectivity index (χ0) is 15.6. The minimum absolute atomic E-state index is 0.435. The molecule has 0 amide bonds. The third-order valence-electron chi connectivity index (χ3n) is 5.92. The summed E-state index contributed by atoms with van der Waals surface area (Å²) in [6.07, 6.45) is 6.43. The Morgan fingerprint density at radius 2 is 1.82 bits per heavy atom. The van der Waals surface area contributed by atoms with Gasteiger partial charge in [-0.05, 0) is 58.7 Å². The highest BCUT2D eigenvalue weighted by Crippen LogP contribution is 2.31. The van der Waals surface area contributed by atoms with Crippen LogP contribution in [0.1, 0.15) is 44.9 Å². The number of ether oxygens (including phenoxy) is 1. The molecule has 3 fully saturated rings. The maximum absolute atomic E-state index is 10.6. The van der Waals surface area contributed by atoms with Crippen LogP contribution in [0.15, 0.2) is 0 Å². The van der Waals surface area contributed by atoms with Gasteiger partial charge in [-0.3, -0.25) is 4.90 Å². The van der Waals surface area contributed by atoms with E-state index in [0.29, 0.717) is 51.1 Å². The molecular weight excluding hydrogens is 280 g/mol. The summed E-state index contributed by atoms with van der Waals surface area (Å²) in [5.74, 6) is 0. The summed E-state index contributed by atoms with van der Waals surface area (Å²) in [5.41, 5.74) is -0.725. The number of aliphatic hydroxyl groups excluding tert-OH is 1. The molecule has 2 N–H and O–H groups in total. The lowest BCUT2D eigenvalue weighted by molar-refractivity contribution is -0.0902. The molecule has 0 aliphatic carbocycles. The van der Waals surface area contributed by atoms with Crippen molar-refractivity contribution < 1.29 is 14.9 Å². The van der Waals surface area contributed by atoms with Crippen molar-refractivity contribution in [2.45, 2.75) is 68.7 Å². The molecule has 0 aromatic rings. The van der Waals surface area contributed by atoms with Gasteiger partial charge in [-0.25, -0.2) is 0 Å². The number of hydrogen-bond acceptors (Lipinski definition) is 5. The summed E-state index contributed by atoms with van der Waals surface area (Å²) in [6.45, 7) is 4.23. The zero-order valence-corrected chi connectivity index (χ0v) is 13.9. The zero-order valence-electron chi connectivity index (χ0n) is 13.9. The minimum Gasteiger partial charge on any atom is -0.392 e. The van der Waals surface area contributed by atoms with Crippen LogP contribution in [0.25, 0.3) is 0 Å². The molecule has 3 atom stereocenters. The molecule has 0 bridgehead atoms. The van der Waals surface area contributed by atoms with Crippen LogP contribution in [-0.4, -0.2) is 83.7 Å². The first-order valence-corrected chi connectivity index (χ1v) is 9.00. The average Bonchev–Trinajstić information content (AvgIpc) is 3.07. The number of likely N-dealkylation sites (tertiary alicyclic amines) is 2. The van der Waals surface area contributed by atoms with Crippen molar-refractivity contribution in [3.8, 4) is 0 Å². The lowest BCUT2D eigenvalue weighted by Crippen LogP contribution is -2.48. The van der Waals surface area contributed by atoms with Gasteiger partial charge in [0.05, 0.1) is 11.7 Å². The Balaban J connectivity index is 1.52. The fraction of sp³-hybridized carbons (Fsp3) is 1.00. The molecule has 0 aromatic heterocycles. The number of aliphatic hydroxyl groups is 2. The number of β-amino-alcohol motifs (C(OH)–C–C–N with tert-alkyl or cyclic N) is 1. The van der Waals surface area contributed by atoms with Crippen molar-refractivity contribution in [2.75, 3.05) is 39.9 Å². The predicted octanol–water partition coefficient (Wildman–Crippen LogP) is 0.837. The third-order valence-corrected chi connectivity index (χ3v) is 5.92. The number of likely N-dealkylation sites (N-methyl/N-ethyl adjacent to an activating group) is 1. The lowest BCUT2D eigenvalue weighted by atomic mass is 9.88. The van der Waals surface area contributed by atoms with E-state index in [2.05, 4.69) is 16.8 Å². The van der Waals surface area contributed by atoms with Gasteiger partial charge in [-0.1, -0.05) is 0 Å². The number of rotatable bonds is 5. The van der Waals surface area contributed by atoms with Gasteiger partial charge in [-0.2, -0.15) is 0 Å². The summed E-state index contributed by atoms with van der Waals surface area (Å²) in [6, 6.07) is 1.24. The van der Waals surface area contributed by atoms with E-state index in [-0.39, 0.29) is 0 Å².